The lowest BCUT2D eigenvalue weighted by Gasteiger charge is -2.35. The fourth-order valence-corrected chi connectivity index (χ4v) is 4.32. The van der Waals surface area contributed by atoms with Crippen molar-refractivity contribution in [1.29, 1.82) is 0 Å². The summed E-state index contributed by atoms with van der Waals surface area (Å²) < 4.78 is 14.1. The van der Waals surface area contributed by atoms with E-state index >= 15 is 0 Å². The Morgan fingerprint density at radius 3 is 2.17 bits per heavy atom. The first-order valence-electron chi connectivity index (χ1n) is 15.6. The van der Waals surface area contributed by atoms with Crippen LogP contribution in [0.4, 0.5) is 10.1 Å². The molecule has 3 rings (SSSR count). The first-order valence-corrected chi connectivity index (χ1v) is 15.6. The first-order chi connectivity index (χ1) is 22.3. The number of carbonyl (C=O) groups excluding carboxylic acids is 4. The highest BCUT2D eigenvalue weighted by Gasteiger charge is 2.19. The Bertz CT molecular complexity index is 1240. The molecule has 0 aromatic heterocycles. The lowest BCUT2D eigenvalue weighted by molar-refractivity contribution is -0.113. The zero-order chi connectivity index (χ0) is 35.5. The van der Waals surface area contributed by atoms with Crippen molar-refractivity contribution in [2.75, 3.05) is 58.8 Å². The number of nitrogens with zero attached hydrogens (tertiary/aromatic N) is 3. The van der Waals surface area contributed by atoms with Crippen LogP contribution in [0.5, 0.6) is 0 Å². The van der Waals surface area contributed by atoms with Crippen LogP contribution in [0.25, 0.3) is 0 Å². The molecule has 1 unspecified atom stereocenters. The van der Waals surface area contributed by atoms with Crippen molar-refractivity contribution >= 4 is 30.5 Å². The second kappa shape index (κ2) is 27.2. The van der Waals surface area contributed by atoms with Gasteiger partial charge in [0.05, 0.1) is 18.2 Å². The van der Waals surface area contributed by atoms with E-state index in [0.29, 0.717) is 43.9 Å². The highest BCUT2D eigenvalue weighted by atomic mass is 19.1. The van der Waals surface area contributed by atoms with Gasteiger partial charge in [0.15, 0.2) is 0 Å². The summed E-state index contributed by atoms with van der Waals surface area (Å²) in [5.74, 6) is 4.96. The Kier molecular flexibility index (Phi) is 26.0. The van der Waals surface area contributed by atoms with Gasteiger partial charge in [0.1, 0.15) is 24.7 Å². The summed E-state index contributed by atoms with van der Waals surface area (Å²) in [6.45, 7) is 17.7. The van der Waals surface area contributed by atoms with Gasteiger partial charge in [-0.1, -0.05) is 51.7 Å². The van der Waals surface area contributed by atoms with Crippen LogP contribution in [0.2, 0.25) is 0 Å². The fraction of sp³-hybridized carbons (Fsp3) is 0.444. The number of amides is 1. The molecule has 1 fully saturated rings. The number of piperazine rings is 1. The lowest BCUT2D eigenvalue weighted by atomic mass is 10.0. The molecule has 0 aliphatic carbocycles. The molecule has 254 valence electrons. The number of primary amides is 1. The molecule has 0 radical (unpaired) electrons. The molecule has 2 aromatic carbocycles. The number of benzene rings is 2. The van der Waals surface area contributed by atoms with Crippen molar-refractivity contribution in [2.24, 2.45) is 5.73 Å². The minimum absolute atomic E-state index is 0.121. The molecule has 1 amide bonds. The molecule has 2 aromatic rings. The predicted octanol–water partition coefficient (Wildman–Crippen LogP) is 4.58. The topological polar surface area (TPSA) is 116 Å². The van der Waals surface area contributed by atoms with Crippen molar-refractivity contribution in [3.8, 4) is 11.8 Å². The summed E-state index contributed by atoms with van der Waals surface area (Å²) in [6, 6.07) is 9.37. The number of hydrogen-bond donors (Lipinski definition) is 2. The number of nitrogens with two attached hydrogens (primary N) is 1. The quantitative estimate of drug-likeness (QED) is 0.209. The second-order valence-electron chi connectivity index (χ2n) is 9.45. The molecule has 1 atom stereocenters. The molecule has 0 saturated carbocycles. The van der Waals surface area contributed by atoms with Crippen LogP contribution in [-0.2, 0) is 16.1 Å². The van der Waals surface area contributed by atoms with E-state index in [1.54, 1.807) is 25.2 Å². The smallest absolute Gasteiger partial charge is 0.251 e. The van der Waals surface area contributed by atoms with Gasteiger partial charge in [-0.15, -0.1) is 13.2 Å². The third kappa shape index (κ3) is 15.2. The van der Waals surface area contributed by atoms with Crippen LogP contribution in [0.15, 0.2) is 49.6 Å². The van der Waals surface area contributed by atoms with Crippen molar-refractivity contribution < 1.29 is 23.6 Å². The van der Waals surface area contributed by atoms with Crippen LogP contribution >= 0.6 is 0 Å². The Morgan fingerprint density at radius 1 is 1.07 bits per heavy atom. The largest absolute Gasteiger partial charge is 0.369 e. The maximum absolute atomic E-state index is 14.1. The van der Waals surface area contributed by atoms with Gasteiger partial charge >= 0.3 is 0 Å². The van der Waals surface area contributed by atoms with Crippen molar-refractivity contribution in [1.82, 2.24) is 15.1 Å². The number of carbonyl (C=O) groups is 4. The Morgan fingerprint density at radius 2 is 1.67 bits per heavy atom. The number of halogens is 1. The van der Waals surface area contributed by atoms with E-state index in [1.165, 1.54) is 12.1 Å². The van der Waals surface area contributed by atoms with E-state index in [-0.39, 0.29) is 12.0 Å². The maximum Gasteiger partial charge on any atom is 0.251 e. The molecule has 1 saturated heterocycles. The van der Waals surface area contributed by atoms with E-state index in [4.69, 9.17) is 5.73 Å². The molecular weight excluding hydrogens is 585 g/mol. The summed E-state index contributed by atoms with van der Waals surface area (Å²) in [6.07, 6.45) is 3.10. The lowest BCUT2D eigenvalue weighted by Crippen LogP contribution is -2.46. The predicted molar refractivity (Wildman–Crippen MR) is 188 cm³/mol. The summed E-state index contributed by atoms with van der Waals surface area (Å²) in [5, 5.41) is 2.75. The number of anilines is 1. The van der Waals surface area contributed by atoms with E-state index in [2.05, 4.69) is 35.2 Å². The van der Waals surface area contributed by atoms with Crippen LogP contribution < -0.4 is 16.0 Å². The van der Waals surface area contributed by atoms with Crippen molar-refractivity contribution in [2.45, 2.75) is 53.1 Å². The number of aldehydes is 3. The average Bonchev–Trinajstić information content (AvgIpc) is 3.09. The standard InChI is InChI=1S/C28H31FN4O4.C2H7N.2C2H6.C2H4/c1-31(24(20-36)8-4-16-34)18-26-21(5-2-6-22(26)19-35)7-3-11-32-12-14-33(15-13-32)23-9-10-25(28(30)37)27(29)17-23;1-3-2;3*1-2/h2,5-6,9-10,16-17,19-20,24H,4,8,11-15,18H2,1H3,(H2,30,37);3H,1-2H3;2*1-2H3;1-2H2. The SMILES string of the molecule is C=C.CC.CC.CN(Cc1c(C#CCN2CCN(c3ccc(C(N)=O)c(F)c3)CC2)cccc1C=O)C(C=O)CCC=O.CNC. The Balaban J connectivity index is 0. The number of likely N-dealkylation sites (N-methyl/N-ethyl adjacent to an activating group) is 1. The Hall–Kier alpha value is -4.17. The fourth-order valence-electron chi connectivity index (χ4n) is 4.32. The normalized spacial score (nSPS) is 12.4. The first kappa shape index (κ1) is 44.0. The maximum atomic E-state index is 14.1. The summed E-state index contributed by atoms with van der Waals surface area (Å²) in [7, 11) is 5.54. The highest BCUT2D eigenvalue weighted by molar-refractivity contribution is 5.93. The van der Waals surface area contributed by atoms with Crippen LogP contribution in [0.1, 0.15) is 72.4 Å². The van der Waals surface area contributed by atoms with Gasteiger partial charge < -0.3 is 25.5 Å². The highest BCUT2D eigenvalue weighted by Crippen LogP contribution is 2.20. The van der Waals surface area contributed by atoms with Gasteiger partial charge in [-0.25, -0.2) is 4.39 Å². The molecule has 9 nitrogen and oxygen atoms in total. The number of hydrogen-bond acceptors (Lipinski definition) is 8. The summed E-state index contributed by atoms with van der Waals surface area (Å²) in [4.78, 5) is 51.2. The monoisotopic (exact) mass is 639 g/mol. The van der Waals surface area contributed by atoms with Crippen molar-refractivity contribution in [3.05, 3.63) is 77.6 Å². The van der Waals surface area contributed by atoms with Gasteiger partial charge in [0.2, 0.25) is 0 Å². The van der Waals surface area contributed by atoms with Gasteiger partial charge in [0.25, 0.3) is 5.91 Å². The molecule has 46 heavy (non-hydrogen) atoms. The zero-order valence-corrected chi connectivity index (χ0v) is 28.8. The summed E-state index contributed by atoms with van der Waals surface area (Å²) >= 11 is 0. The van der Waals surface area contributed by atoms with Gasteiger partial charge in [-0.2, -0.15) is 0 Å². The number of rotatable bonds is 11. The number of nitrogens with one attached hydrogen (secondary N) is 1. The van der Waals surface area contributed by atoms with E-state index in [9.17, 15) is 23.6 Å². The molecule has 0 bridgehead atoms. The molecule has 10 heteroatoms. The molecular formula is C36H54FN5O4. The Labute approximate surface area is 276 Å². The minimum atomic E-state index is -0.789. The molecule has 1 aliphatic rings. The molecule has 0 spiro atoms. The van der Waals surface area contributed by atoms with Gasteiger partial charge in [-0.05, 0) is 57.4 Å². The van der Waals surface area contributed by atoms with E-state index in [1.807, 2.05) is 57.7 Å². The molecule has 3 N–H and O–H groups in total. The third-order valence-corrected chi connectivity index (χ3v) is 6.53. The van der Waals surface area contributed by atoms with Crippen LogP contribution in [0, 0.1) is 17.7 Å². The van der Waals surface area contributed by atoms with Gasteiger partial charge in [0, 0.05) is 56.0 Å². The van der Waals surface area contributed by atoms with Crippen LogP contribution in [0.3, 0.4) is 0 Å². The summed E-state index contributed by atoms with van der Waals surface area (Å²) in [5.41, 5.74) is 7.75. The molecule has 1 heterocycles. The van der Waals surface area contributed by atoms with E-state index in [0.717, 1.165) is 43.1 Å². The molecule has 1 aliphatic heterocycles. The van der Waals surface area contributed by atoms with E-state index < -0.39 is 17.8 Å². The minimum Gasteiger partial charge on any atom is -0.369 e. The second-order valence-corrected chi connectivity index (χ2v) is 9.45. The average molecular weight is 640 g/mol. The zero-order valence-electron chi connectivity index (χ0n) is 28.8. The third-order valence-electron chi connectivity index (χ3n) is 6.53. The van der Waals surface area contributed by atoms with Gasteiger partial charge in [-0.3, -0.25) is 19.4 Å². The van der Waals surface area contributed by atoms with Crippen LogP contribution in [-0.4, -0.2) is 94.5 Å². The van der Waals surface area contributed by atoms with Crippen molar-refractivity contribution in [3.63, 3.8) is 0 Å².